The van der Waals surface area contributed by atoms with Crippen LogP contribution in [0, 0.1) is 5.92 Å². The van der Waals surface area contributed by atoms with Gasteiger partial charge in [0.2, 0.25) is 0 Å². The van der Waals surface area contributed by atoms with Crippen molar-refractivity contribution in [2.24, 2.45) is 5.92 Å². The van der Waals surface area contributed by atoms with Crippen LogP contribution in [-0.2, 0) is 21.7 Å². The van der Waals surface area contributed by atoms with E-state index in [-0.39, 0.29) is 21.7 Å². The van der Waals surface area contributed by atoms with E-state index in [1.165, 1.54) is 0 Å². The molecule has 0 aromatic rings. The summed E-state index contributed by atoms with van der Waals surface area (Å²) in [6.45, 7) is 0.318. The van der Waals surface area contributed by atoms with Crippen LogP contribution < -0.4 is 0 Å². The topological polar surface area (TPSA) is 20.2 Å². The maximum Gasteiger partial charge on any atom is 0.0431 e. The van der Waals surface area contributed by atoms with Crippen LogP contribution in [0.1, 0.15) is 12.8 Å². The molecule has 0 fully saturated rings. The fourth-order valence-corrected chi connectivity index (χ4v) is 0.997. The number of aliphatic hydroxyl groups is 1. The summed E-state index contributed by atoms with van der Waals surface area (Å²) >= 11 is 0. The SMILES string of the molecule is OCCCC1C=CC=C1.[Ti]. The van der Waals surface area contributed by atoms with E-state index in [1.54, 1.807) is 0 Å². The van der Waals surface area contributed by atoms with Crippen molar-refractivity contribution in [3.05, 3.63) is 24.3 Å². The molecule has 0 saturated heterocycles. The predicted octanol–water partition coefficient (Wildman–Crippen LogP) is 1.50. The summed E-state index contributed by atoms with van der Waals surface area (Å²) in [6, 6.07) is 0. The molecule has 0 bridgehead atoms. The van der Waals surface area contributed by atoms with Gasteiger partial charge in [0.25, 0.3) is 0 Å². The van der Waals surface area contributed by atoms with Crippen LogP contribution in [0.15, 0.2) is 24.3 Å². The molecular weight excluding hydrogens is 160 g/mol. The molecule has 1 aliphatic rings. The molecule has 2 heteroatoms. The molecule has 1 aliphatic carbocycles. The molecule has 0 atom stereocenters. The third kappa shape index (κ3) is 3.35. The van der Waals surface area contributed by atoms with Gasteiger partial charge in [-0.05, 0) is 18.8 Å². The third-order valence-electron chi connectivity index (χ3n) is 1.52. The van der Waals surface area contributed by atoms with E-state index in [9.17, 15) is 0 Å². The number of allylic oxidation sites excluding steroid dienone is 4. The first-order valence-corrected chi connectivity index (χ1v) is 3.39. The van der Waals surface area contributed by atoms with Crippen molar-refractivity contribution < 1.29 is 26.8 Å². The molecule has 1 N–H and O–H groups in total. The standard InChI is InChI=1S/C8H12O.Ti/c9-7-3-6-8-4-1-2-5-8;/h1-2,4-5,8-9H,3,6-7H2;. The van der Waals surface area contributed by atoms with E-state index in [4.69, 9.17) is 5.11 Å². The minimum Gasteiger partial charge on any atom is -0.396 e. The average molecular weight is 172 g/mol. The molecule has 54 valence electrons. The first kappa shape index (κ1) is 10.2. The van der Waals surface area contributed by atoms with Gasteiger partial charge in [-0.15, -0.1) is 0 Å². The van der Waals surface area contributed by atoms with Gasteiger partial charge in [0.1, 0.15) is 0 Å². The molecule has 0 saturated carbocycles. The fraction of sp³-hybridized carbons (Fsp3) is 0.500. The number of rotatable bonds is 3. The van der Waals surface area contributed by atoms with Gasteiger partial charge < -0.3 is 5.11 Å². The summed E-state index contributed by atoms with van der Waals surface area (Å²) in [4.78, 5) is 0. The van der Waals surface area contributed by atoms with Crippen molar-refractivity contribution in [1.82, 2.24) is 0 Å². The van der Waals surface area contributed by atoms with Crippen LogP contribution in [0.5, 0.6) is 0 Å². The van der Waals surface area contributed by atoms with Crippen molar-refractivity contribution in [2.45, 2.75) is 12.8 Å². The Hall–Kier alpha value is 0.154. The van der Waals surface area contributed by atoms with Gasteiger partial charge in [-0.1, -0.05) is 24.3 Å². The molecule has 0 spiro atoms. The third-order valence-corrected chi connectivity index (χ3v) is 1.52. The summed E-state index contributed by atoms with van der Waals surface area (Å²) in [5, 5.41) is 8.48. The summed E-state index contributed by atoms with van der Waals surface area (Å²) in [5.74, 6) is 0.595. The van der Waals surface area contributed by atoms with Crippen LogP contribution in [-0.4, -0.2) is 11.7 Å². The van der Waals surface area contributed by atoms with Gasteiger partial charge in [0, 0.05) is 28.3 Å². The molecule has 0 aromatic carbocycles. The fourth-order valence-electron chi connectivity index (χ4n) is 0.997. The zero-order chi connectivity index (χ0) is 6.53. The van der Waals surface area contributed by atoms with Gasteiger partial charge in [-0.25, -0.2) is 0 Å². The Morgan fingerprint density at radius 1 is 1.20 bits per heavy atom. The van der Waals surface area contributed by atoms with Gasteiger partial charge in [-0.2, -0.15) is 0 Å². The van der Waals surface area contributed by atoms with Crippen LogP contribution >= 0.6 is 0 Å². The quantitative estimate of drug-likeness (QED) is 0.639. The second-order valence-electron chi connectivity index (χ2n) is 2.30. The van der Waals surface area contributed by atoms with Crippen LogP contribution in [0.3, 0.4) is 0 Å². The Morgan fingerprint density at radius 3 is 2.30 bits per heavy atom. The predicted molar refractivity (Wildman–Crippen MR) is 38.1 cm³/mol. The summed E-state index contributed by atoms with van der Waals surface area (Å²) in [6.07, 6.45) is 10.4. The van der Waals surface area contributed by atoms with E-state index in [0.29, 0.717) is 12.5 Å². The van der Waals surface area contributed by atoms with Crippen LogP contribution in [0.25, 0.3) is 0 Å². The Morgan fingerprint density at radius 2 is 1.80 bits per heavy atom. The number of hydrogen-bond donors (Lipinski definition) is 1. The number of hydrogen-bond acceptors (Lipinski definition) is 1. The minimum absolute atomic E-state index is 0. The van der Waals surface area contributed by atoms with Gasteiger partial charge in [-0.3, -0.25) is 0 Å². The van der Waals surface area contributed by atoms with Crippen LogP contribution in [0.4, 0.5) is 0 Å². The van der Waals surface area contributed by atoms with Crippen molar-refractivity contribution in [3.8, 4) is 0 Å². The Bertz CT molecular complexity index is 117. The summed E-state index contributed by atoms with van der Waals surface area (Å²) in [7, 11) is 0. The molecule has 0 radical (unpaired) electrons. The first-order valence-electron chi connectivity index (χ1n) is 3.39. The van der Waals surface area contributed by atoms with Crippen molar-refractivity contribution in [1.29, 1.82) is 0 Å². The Labute approximate surface area is 76.7 Å². The normalized spacial score (nSPS) is 15.7. The summed E-state index contributed by atoms with van der Waals surface area (Å²) < 4.78 is 0. The van der Waals surface area contributed by atoms with E-state index in [0.717, 1.165) is 12.8 Å². The van der Waals surface area contributed by atoms with Crippen molar-refractivity contribution >= 4 is 0 Å². The molecule has 10 heavy (non-hydrogen) atoms. The zero-order valence-corrected chi connectivity index (χ0v) is 7.52. The van der Waals surface area contributed by atoms with E-state index in [1.807, 2.05) is 0 Å². The Balaban J connectivity index is 0.000000810. The molecule has 0 aliphatic heterocycles. The molecule has 0 amide bonds. The maximum absolute atomic E-state index is 8.48. The Kier molecular flexibility index (Phi) is 5.99. The molecule has 0 aromatic heterocycles. The van der Waals surface area contributed by atoms with E-state index >= 15 is 0 Å². The molecule has 0 heterocycles. The number of aliphatic hydroxyl groups excluding tert-OH is 1. The van der Waals surface area contributed by atoms with Gasteiger partial charge >= 0.3 is 0 Å². The second-order valence-corrected chi connectivity index (χ2v) is 2.30. The smallest absolute Gasteiger partial charge is 0.0431 e. The second kappa shape index (κ2) is 5.90. The van der Waals surface area contributed by atoms with Crippen molar-refractivity contribution in [2.75, 3.05) is 6.61 Å². The average Bonchev–Trinajstić information content (AvgIpc) is 2.34. The van der Waals surface area contributed by atoms with Crippen LogP contribution in [0.2, 0.25) is 0 Å². The van der Waals surface area contributed by atoms with Gasteiger partial charge in [0.05, 0.1) is 0 Å². The van der Waals surface area contributed by atoms with Crippen molar-refractivity contribution in [3.63, 3.8) is 0 Å². The van der Waals surface area contributed by atoms with Gasteiger partial charge in [0.15, 0.2) is 0 Å². The molecule has 1 rings (SSSR count). The van der Waals surface area contributed by atoms with E-state index in [2.05, 4.69) is 24.3 Å². The minimum atomic E-state index is 0. The summed E-state index contributed by atoms with van der Waals surface area (Å²) in [5.41, 5.74) is 0. The zero-order valence-electron chi connectivity index (χ0n) is 5.96. The largest absolute Gasteiger partial charge is 0.396 e. The van der Waals surface area contributed by atoms with E-state index < -0.39 is 0 Å². The molecular formula is C8H12OTi. The molecule has 0 unspecified atom stereocenters. The maximum atomic E-state index is 8.48. The monoisotopic (exact) mass is 172 g/mol. The first-order chi connectivity index (χ1) is 4.43. The molecule has 1 nitrogen and oxygen atoms in total.